The second-order valence-corrected chi connectivity index (χ2v) is 26.7. The van der Waals surface area contributed by atoms with Crippen LogP contribution in [0.3, 0.4) is 0 Å². The molecule has 11 aromatic rings. The number of hydrogen-bond donors (Lipinski definition) is 7. The van der Waals surface area contributed by atoms with E-state index in [-0.39, 0.29) is 52.7 Å². The van der Waals surface area contributed by atoms with Crippen molar-refractivity contribution < 1.29 is 9.85 Å². The predicted octanol–water partition coefficient (Wildman–Crippen LogP) is 18.8. The number of nitro groups is 2. The van der Waals surface area contributed by atoms with E-state index in [1.54, 1.807) is 64.5 Å². The maximum Gasteiger partial charge on any atom is 0.270 e. The third-order valence-corrected chi connectivity index (χ3v) is 21.1. The van der Waals surface area contributed by atoms with Gasteiger partial charge in [-0.05, 0) is 201 Å². The minimum atomic E-state index is -0.396. The van der Waals surface area contributed by atoms with Crippen LogP contribution in [0, 0.1) is 36.5 Å². The summed E-state index contributed by atoms with van der Waals surface area (Å²) < 4.78 is 0. The van der Waals surface area contributed by atoms with Gasteiger partial charge in [0.25, 0.3) is 11.4 Å². The van der Waals surface area contributed by atoms with Gasteiger partial charge in [0.05, 0.1) is 26.1 Å². The lowest BCUT2D eigenvalue weighted by atomic mass is 9.88. The Morgan fingerprint density at radius 1 is 0.559 bits per heavy atom. The number of likely N-dealkylation sites (N-methyl/N-ethyl adjacent to an activating group) is 1. The number of piperidine rings is 2. The summed E-state index contributed by atoms with van der Waals surface area (Å²) in [6.07, 6.45) is 19.7. The zero-order valence-electron chi connectivity index (χ0n) is 52.9. The molecular weight excluding hydrogens is 1380 g/mol. The van der Waals surface area contributed by atoms with E-state index >= 15 is 0 Å². The van der Waals surface area contributed by atoms with Crippen LogP contribution in [0.1, 0.15) is 107 Å². The van der Waals surface area contributed by atoms with Gasteiger partial charge in [0.15, 0.2) is 0 Å². The van der Waals surface area contributed by atoms with Gasteiger partial charge < -0.3 is 40.6 Å². The van der Waals surface area contributed by atoms with E-state index in [9.17, 15) is 20.2 Å². The minimum Gasteiger partial charge on any atom is -0.361 e. The minimum absolute atomic E-state index is 0. The van der Waals surface area contributed by atoms with Crippen LogP contribution in [0.15, 0.2) is 162 Å². The molecule has 0 unspecified atom stereocenters. The number of non-ortho nitro benzene ring substituents is 2. The number of nitro benzene ring substituents is 2. The van der Waals surface area contributed by atoms with E-state index in [1.807, 2.05) is 71.1 Å². The van der Waals surface area contributed by atoms with Gasteiger partial charge in [0.2, 0.25) is 0 Å². The fraction of sp³-hybridized carbons (Fsp3) is 0.310. The average molecular weight is 1460 g/mol. The number of likely N-dealkylation sites (tertiary alicyclic amines) is 2. The molecule has 10 heterocycles. The quantitative estimate of drug-likeness (QED) is 0.0171. The number of halogens is 2. The van der Waals surface area contributed by atoms with Crippen molar-refractivity contribution in [2.75, 3.05) is 65.2 Å². The molecule has 22 heteroatoms. The molecular formula is C71H82ClIN12O4S4. The Morgan fingerprint density at radius 3 is 1.47 bits per heavy atom. The van der Waals surface area contributed by atoms with E-state index in [0.717, 1.165) is 81.1 Å². The highest BCUT2D eigenvalue weighted by molar-refractivity contribution is 14.0. The molecule has 4 aromatic carbocycles. The van der Waals surface area contributed by atoms with Crippen molar-refractivity contribution >= 4 is 159 Å². The Bertz CT molecular complexity index is 4110. The second-order valence-electron chi connectivity index (χ2n) is 23.0. The highest BCUT2D eigenvalue weighted by atomic mass is 127. The summed E-state index contributed by atoms with van der Waals surface area (Å²) in [5, 5.41) is 56.6. The fourth-order valence-electron chi connectivity index (χ4n) is 12.3. The van der Waals surface area contributed by atoms with Crippen LogP contribution in [0.2, 0.25) is 0 Å². The summed E-state index contributed by atoms with van der Waals surface area (Å²) in [6.45, 7) is 16.9. The maximum atomic E-state index is 10.9. The van der Waals surface area contributed by atoms with Gasteiger partial charge in [-0.15, -0.1) is 82.2 Å². The topological polar surface area (TPSA) is 231 Å². The average Bonchev–Trinajstić information content (AvgIpc) is 1.74. The number of nitrogens with one attached hydrogen (secondary N) is 7. The third kappa shape index (κ3) is 18.7. The number of aromatic nitrogens is 4. The molecule has 488 valence electrons. The molecule has 2 saturated heterocycles. The van der Waals surface area contributed by atoms with Crippen LogP contribution in [0.4, 0.5) is 11.4 Å². The van der Waals surface area contributed by atoms with Crippen molar-refractivity contribution in [3.8, 4) is 0 Å². The Labute approximate surface area is 582 Å². The first-order valence-corrected chi connectivity index (χ1v) is 35.1. The molecule has 14 rings (SSSR count). The molecule has 0 radical (unpaired) electrons. The van der Waals surface area contributed by atoms with Crippen LogP contribution in [-0.4, -0.2) is 126 Å². The zero-order valence-corrected chi connectivity index (χ0v) is 59.3. The lowest BCUT2D eigenvalue weighted by Gasteiger charge is -2.31. The van der Waals surface area contributed by atoms with E-state index in [0.29, 0.717) is 41.1 Å². The molecule has 0 spiro atoms. The fourth-order valence-corrected chi connectivity index (χ4v) is 14.9. The van der Waals surface area contributed by atoms with E-state index in [4.69, 9.17) is 16.2 Å². The number of fused-ring (bicyclic) bond motifs is 4. The molecule has 0 bridgehead atoms. The molecule has 0 amide bonds. The van der Waals surface area contributed by atoms with Crippen molar-refractivity contribution in [2.24, 2.45) is 0 Å². The molecule has 0 saturated carbocycles. The van der Waals surface area contributed by atoms with E-state index in [2.05, 4.69) is 110 Å². The maximum absolute atomic E-state index is 10.9. The molecule has 16 nitrogen and oxygen atoms in total. The highest BCUT2D eigenvalue weighted by Gasteiger charge is 2.24. The van der Waals surface area contributed by atoms with Crippen LogP contribution in [-0.2, 0) is 12.8 Å². The summed E-state index contributed by atoms with van der Waals surface area (Å²) in [6, 6.07) is 36.8. The predicted molar refractivity (Wildman–Crippen MR) is 406 cm³/mol. The molecule has 7 N–H and O–H groups in total. The van der Waals surface area contributed by atoms with Gasteiger partial charge in [-0.3, -0.25) is 30.5 Å². The van der Waals surface area contributed by atoms with Crippen molar-refractivity contribution in [1.82, 2.24) is 34.6 Å². The van der Waals surface area contributed by atoms with Gasteiger partial charge in [-0.1, -0.05) is 57.2 Å². The largest absolute Gasteiger partial charge is 0.361 e. The summed E-state index contributed by atoms with van der Waals surface area (Å²) in [5.41, 5.74) is 13.8. The smallest absolute Gasteiger partial charge is 0.270 e. The van der Waals surface area contributed by atoms with Crippen molar-refractivity contribution in [2.45, 2.75) is 77.6 Å². The van der Waals surface area contributed by atoms with Crippen LogP contribution in [0.5, 0.6) is 0 Å². The van der Waals surface area contributed by atoms with Gasteiger partial charge in [-0.25, -0.2) is 0 Å². The zero-order chi connectivity index (χ0) is 63.8. The Balaban J connectivity index is 0.000000155. The van der Waals surface area contributed by atoms with Crippen molar-refractivity contribution in [3.05, 3.63) is 225 Å². The van der Waals surface area contributed by atoms with Crippen molar-refractivity contribution in [3.63, 3.8) is 0 Å². The summed E-state index contributed by atoms with van der Waals surface area (Å²) in [4.78, 5) is 44.3. The summed E-state index contributed by atoms with van der Waals surface area (Å²) in [5.74, 6) is 1.31. The Morgan fingerprint density at radius 2 is 1.02 bits per heavy atom. The summed E-state index contributed by atoms with van der Waals surface area (Å²) >= 11 is 6.38. The van der Waals surface area contributed by atoms with E-state index < -0.39 is 4.92 Å². The van der Waals surface area contributed by atoms with Crippen LogP contribution >= 0.6 is 82.2 Å². The number of thiophene rings is 3. The molecule has 3 aliphatic rings. The lowest BCUT2D eigenvalue weighted by Crippen LogP contribution is -2.32. The van der Waals surface area contributed by atoms with Gasteiger partial charge in [-0.2, -0.15) is 0 Å². The molecule has 3 aliphatic heterocycles. The molecule has 7 aromatic heterocycles. The monoisotopic (exact) mass is 1460 g/mol. The number of nitrogens with zero attached hydrogens (tertiary/aromatic N) is 5. The number of rotatable bonds is 15. The van der Waals surface area contributed by atoms with E-state index in [1.165, 1.54) is 125 Å². The number of hydrogen-bond acceptors (Lipinski definition) is 14. The SMILES string of the molecule is CCN1CC=C(c2c[nH]c3ccc([N+](=O)[O-])cc23)CC1.CCN1CCC(c2c[nH]c3ccc(CC(=N)c4cccs4)cc23)CC1.CCN1CCC(c2c[nH]c3ccc(CC(=N)c4cccs4)cc23)CC1.CSC(=N)c1cccs1.Cl.I.O=[N+]([O-])c1ccc2[nH]ccc2c1. The molecule has 0 aliphatic carbocycles. The highest BCUT2D eigenvalue weighted by Crippen LogP contribution is 2.37. The first-order chi connectivity index (χ1) is 44.3. The molecule has 0 atom stereocenters. The van der Waals surface area contributed by atoms with Gasteiger partial charge >= 0.3 is 0 Å². The number of benzene rings is 4. The number of aromatic amines is 4. The third-order valence-electron chi connectivity index (χ3n) is 17.6. The van der Waals surface area contributed by atoms with Crippen molar-refractivity contribution in [1.29, 1.82) is 16.2 Å². The van der Waals surface area contributed by atoms with Gasteiger partial charge in [0, 0.05) is 134 Å². The standard InChI is InChI=1S/2C21H25N3S.C15H17N3O2.C8H6N2O2.C6H7NS2.ClH.HI/c2*1-2-24-9-7-16(8-10-24)18-14-23-20-6-5-15(12-17(18)20)13-19(22)21-4-3-11-25-21;1-2-17-7-5-11(6-8-17)14-10-16-15-4-3-12(18(19)20)9-13(14)15;11-10(12)7-1-2-8-6(5-7)3-4-9-8;1-8-6(7)5-3-2-4-9-5;;/h2*3-6,11-12,14,16,22-23H,2,7-10,13H2,1H3;3-5,9-10,16H,2,6-8H2,1H3;1-5,9H;2-4,7H,1H3;2*1H. The molecule has 93 heavy (non-hydrogen) atoms. The Hall–Kier alpha value is -7.06. The number of H-pyrrole nitrogens is 4. The first kappa shape index (κ1) is 71.8. The first-order valence-electron chi connectivity index (χ1n) is 31.2. The normalized spacial score (nSPS) is 14.6. The lowest BCUT2D eigenvalue weighted by molar-refractivity contribution is -0.384. The summed E-state index contributed by atoms with van der Waals surface area (Å²) in [7, 11) is 0. The molecule has 2 fully saturated rings. The Kier molecular flexibility index (Phi) is 26.9. The van der Waals surface area contributed by atoms with Gasteiger partial charge in [0.1, 0.15) is 5.04 Å². The van der Waals surface area contributed by atoms with Crippen LogP contribution < -0.4 is 0 Å². The van der Waals surface area contributed by atoms with Crippen LogP contribution in [0.25, 0.3) is 49.2 Å². The number of thioether (sulfide) groups is 1. The second kappa shape index (κ2) is 34.9.